The van der Waals surface area contributed by atoms with Crippen LogP contribution in [0.3, 0.4) is 0 Å². The summed E-state index contributed by atoms with van der Waals surface area (Å²) < 4.78 is 240. The number of halogens is 19. The minimum absolute atomic E-state index is 4.13. The van der Waals surface area contributed by atoms with Crippen molar-refractivity contribution in [2.75, 3.05) is 0 Å². The first-order valence-electron chi connectivity index (χ1n) is 6.06. The van der Waals surface area contributed by atoms with Crippen LogP contribution in [0.5, 0.6) is 0 Å². The van der Waals surface area contributed by atoms with Gasteiger partial charge < -0.3 is 5.11 Å². The zero-order valence-electron chi connectivity index (χ0n) is 12.6. The molecule has 0 bridgehead atoms. The molecule has 0 aromatic carbocycles. The van der Waals surface area contributed by atoms with Crippen molar-refractivity contribution in [1.82, 2.24) is 0 Å². The molecule has 0 saturated carbocycles. The van der Waals surface area contributed by atoms with Gasteiger partial charge in [-0.2, -0.15) is 83.4 Å². The molecule has 0 radical (unpaired) electrons. The second-order valence-electron chi connectivity index (χ2n) is 5.12. The maximum Gasteiger partial charge on any atom is 0.460 e. The van der Waals surface area contributed by atoms with Crippen molar-refractivity contribution in [2.45, 2.75) is 47.6 Å². The molecule has 0 rings (SSSR count). The lowest BCUT2D eigenvalue weighted by molar-refractivity contribution is -0.460. The van der Waals surface area contributed by atoms with Gasteiger partial charge in [-0.15, -0.1) is 0 Å². The van der Waals surface area contributed by atoms with Gasteiger partial charge in [-0.05, 0) is 0 Å². The molecule has 0 saturated heterocycles. The summed E-state index contributed by atoms with van der Waals surface area (Å²) in [6.45, 7) is 0. The maximum absolute atomic E-state index is 13.1. The first kappa shape index (κ1) is 28.2. The summed E-state index contributed by atoms with van der Waals surface area (Å²) in [6.07, 6.45) is -7.90. The molecular formula is C10HF19O. The Balaban J connectivity index is 6.89. The van der Waals surface area contributed by atoms with Gasteiger partial charge in [0, 0.05) is 0 Å². The van der Waals surface area contributed by atoms with Crippen LogP contribution in [-0.2, 0) is 0 Å². The number of alkyl halides is 17. The molecule has 0 aliphatic carbocycles. The summed E-state index contributed by atoms with van der Waals surface area (Å²) in [5, 5.41) is 7.57. The van der Waals surface area contributed by atoms with Crippen molar-refractivity contribution in [1.29, 1.82) is 0 Å². The van der Waals surface area contributed by atoms with Crippen LogP contribution in [0.2, 0.25) is 0 Å². The van der Waals surface area contributed by atoms with E-state index in [9.17, 15) is 83.4 Å². The van der Waals surface area contributed by atoms with Crippen molar-refractivity contribution < 1.29 is 88.5 Å². The quantitative estimate of drug-likeness (QED) is 0.308. The zero-order valence-corrected chi connectivity index (χ0v) is 12.6. The lowest BCUT2D eigenvalue weighted by Gasteiger charge is -2.42. The first-order valence-corrected chi connectivity index (χ1v) is 6.06. The van der Waals surface area contributed by atoms with Crippen LogP contribution in [0.1, 0.15) is 0 Å². The molecule has 1 nitrogen and oxygen atoms in total. The molecular weight excluding hydrogens is 497 g/mol. The molecule has 0 spiro atoms. The van der Waals surface area contributed by atoms with E-state index in [2.05, 4.69) is 0 Å². The molecule has 0 aromatic rings. The smallest absolute Gasteiger partial charge is 0.460 e. The van der Waals surface area contributed by atoms with Crippen LogP contribution in [0.15, 0.2) is 11.8 Å². The third kappa shape index (κ3) is 3.28. The Labute approximate surface area is 149 Å². The number of aliphatic hydroxyl groups is 1. The molecule has 0 aromatic heterocycles. The maximum atomic E-state index is 13.1. The molecule has 0 aliphatic rings. The van der Waals surface area contributed by atoms with E-state index in [4.69, 9.17) is 5.11 Å². The largest absolute Gasteiger partial charge is 0.484 e. The fraction of sp³-hybridized carbons (Fsp3) is 0.800. The van der Waals surface area contributed by atoms with Gasteiger partial charge in [0.05, 0.1) is 0 Å². The van der Waals surface area contributed by atoms with Crippen LogP contribution < -0.4 is 0 Å². The summed E-state index contributed by atoms with van der Waals surface area (Å²) in [5.74, 6) is -64.5. The molecule has 0 atom stereocenters. The van der Waals surface area contributed by atoms with Crippen molar-refractivity contribution in [3.63, 3.8) is 0 Å². The molecule has 30 heavy (non-hydrogen) atoms. The van der Waals surface area contributed by atoms with Gasteiger partial charge in [0.25, 0.3) is 0 Å². The summed E-state index contributed by atoms with van der Waals surface area (Å²) >= 11 is 0. The molecule has 0 aliphatic heterocycles. The normalized spacial score (nSPS) is 17.2. The highest BCUT2D eigenvalue weighted by Crippen LogP contribution is 2.64. The Kier molecular flexibility index (Phi) is 6.45. The number of rotatable bonds is 7. The molecule has 0 unspecified atom stereocenters. The van der Waals surface area contributed by atoms with Crippen LogP contribution in [0.25, 0.3) is 0 Å². The van der Waals surface area contributed by atoms with E-state index in [0.29, 0.717) is 0 Å². The Morgan fingerprint density at radius 2 is 0.633 bits per heavy atom. The second-order valence-corrected chi connectivity index (χ2v) is 5.12. The van der Waals surface area contributed by atoms with Gasteiger partial charge in [0.15, 0.2) is 0 Å². The fourth-order valence-electron chi connectivity index (χ4n) is 1.43. The first-order chi connectivity index (χ1) is 12.6. The van der Waals surface area contributed by atoms with Crippen molar-refractivity contribution in [3.8, 4) is 0 Å². The molecule has 20 heteroatoms. The predicted molar refractivity (Wildman–Crippen MR) is 52.6 cm³/mol. The third-order valence-corrected chi connectivity index (χ3v) is 3.18. The highest BCUT2D eigenvalue weighted by atomic mass is 19.4. The topological polar surface area (TPSA) is 20.2 Å². The second kappa shape index (κ2) is 6.86. The number of hydrogen-bond donors (Lipinski definition) is 1. The Morgan fingerprint density at radius 1 is 0.400 bits per heavy atom. The van der Waals surface area contributed by atoms with Gasteiger partial charge in [-0.25, -0.2) is 0 Å². The highest BCUT2D eigenvalue weighted by molar-refractivity contribution is 5.20. The van der Waals surface area contributed by atoms with Crippen molar-refractivity contribution in [3.05, 3.63) is 11.8 Å². The fourth-order valence-corrected chi connectivity index (χ4v) is 1.43. The summed E-state index contributed by atoms with van der Waals surface area (Å²) in [5.41, 5.74) is 0. The Morgan fingerprint density at radius 3 is 0.867 bits per heavy atom. The minimum atomic E-state index is -8.91. The van der Waals surface area contributed by atoms with Crippen LogP contribution in [0.4, 0.5) is 83.4 Å². The lowest BCUT2D eigenvalue weighted by atomic mass is 9.89. The van der Waals surface area contributed by atoms with E-state index in [0.717, 1.165) is 0 Å². The molecule has 0 fully saturated rings. The number of allylic oxidation sites excluding steroid dienone is 1. The molecule has 0 heterocycles. The molecule has 0 amide bonds. The van der Waals surface area contributed by atoms with Crippen LogP contribution >= 0.6 is 0 Å². The minimum Gasteiger partial charge on any atom is -0.484 e. The standard InChI is InChI=1S/C10HF19O/c11-1(2(12)30)3(13,14)4(15,16)5(17,18)6(19,20)7(21,22)8(23,24)9(25,26)10(27,28)29/h30H. The number of aliphatic hydroxyl groups excluding tert-OH is 1. The van der Waals surface area contributed by atoms with E-state index >= 15 is 0 Å². The van der Waals surface area contributed by atoms with E-state index in [1.54, 1.807) is 0 Å². The zero-order chi connectivity index (χ0) is 25.2. The molecule has 180 valence electrons. The van der Waals surface area contributed by atoms with Crippen LogP contribution in [0, 0.1) is 0 Å². The van der Waals surface area contributed by atoms with Crippen molar-refractivity contribution >= 4 is 0 Å². The van der Waals surface area contributed by atoms with Gasteiger partial charge in [-0.1, -0.05) is 0 Å². The van der Waals surface area contributed by atoms with Gasteiger partial charge in [0.2, 0.25) is 5.83 Å². The summed E-state index contributed by atoms with van der Waals surface area (Å²) in [7, 11) is 0. The van der Waals surface area contributed by atoms with E-state index in [-0.39, 0.29) is 0 Å². The van der Waals surface area contributed by atoms with Gasteiger partial charge in [-0.3, -0.25) is 0 Å². The van der Waals surface area contributed by atoms with Gasteiger partial charge >= 0.3 is 53.6 Å². The Hall–Kier alpha value is -1.79. The highest BCUT2D eigenvalue weighted by Gasteiger charge is 2.95. The van der Waals surface area contributed by atoms with Gasteiger partial charge in [0.1, 0.15) is 0 Å². The predicted octanol–water partition coefficient (Wildman–Crippen LogP) is 6.66. The number of hydrogen-bond acceptors (Lipinski definition) is 1. The monoisotopic (exact) mass is 498 g/mol. The SMILES string of the molecule is OC(F)=C(F)C(F)(F)C(F)(F)C(F)(F)C(F)(F)C(F)(F)C(F)(F)C(F)(F)C(F)(F)F. The lowest BCUT2D eigenvalue weighted by Crippen LogP contribution is -2.74. The Bertz CT molecular complexity index is 678. The summed E-state index contributed by atoms with van der Waals surface area (Å²) in [4.78, 5) is 0. The summed E-state index contributed by atoms with van der Waals surface area (Å²) in [6, 6.07) is -4.13. The third-order valence-electron chi connectivity index (χ3n) is 3.18. The molecule has 1 N–H and O–H groups in total. The van der Waals surface area contributed by atoms with Crippen molar-refractivity contribution in [2.24, 2.45) is 0 Å². The average molecular weight is 498 g/mol. The van der Waals surface area contributed by atoms with E-state index in [1.807, 2.05) is 0 Å². The van der Waals surface area contributed by atoms with Crippen LogP contribution in [-0.4, -0.2) is 52.7 Å². The van der Waals surface area contributed by atoms with E-state index < -0.39 is 59.5 Å². The average Bonchev–Trinajstić information content (AvgIpc) is 2.51. The van der Waals surface area contributed by atoms with E-state index in [1.165, 1.54) is 0 Å².